The van der Waals surface area contributed by atoms with Gasteiger partial charge < -0.3 is 10.2 Å². The molecule has 1 aliphatic carbocycles. The molecule has 0 aromatic rings. The molecule has 1 amide bonds. The van der Waals surface area contributed by atoms with Gasteiger partial charge in [0.05, 0.1) is 6.54 Å². The minimum atomic E-state index is 0.280. The van der Waals surface area contributed by atoms with Crippen molar-refractivity contribution in [1.82, 2.24) is 10.2 Å². The van der Waals surface area contributed by atoms with E-state index in [1.165, 1.54) is 19.3 Å². The highest BCUT2D eigenvalue weighted by Gasteiger charge is 2.24. The van der Waals surface area contributed by atoms with Gasteiger partial charge in [-0.05, 0) is 12.3 Å². The van der Waals surface area contributed by atoms with Gasteiger partial charge in [-0.25, -0.2) is 0 Å². The summed E-state index contributed by atoms with van der Waals surface area (Å²) in [6.45, 7) is 3.41. The predicted octanol–water partition coefficient (Wildman–Crippen LogP) is 0.218. The fraction of sp³-hybridized carbons (Fsp3) is 0.889. The monoisotopic (exact) mass is 168 g/mol. The van der Waals surface area contributed by atoms with Crippen molar-refractivity contribution in [2.75, 3.05) is 26.2 Å². The Balaban J connectivity index is 1.72. The first kappa shape index (κ1) is 8.05. The smallest absolute Gasteiger partial charge is 0.236 e. The van der Waals surface area contributed by atoms with Crippen LogP contribution in [0.15, 0.2) is 0 Å². The molecule has 1 N–H and O–H groups in total. The van der Waals surface area contributed by atoms with Gasteiger partial charge in [0.25, 0.3) is 0 Å². The van der Waals surface area contributed by atoms with Gasteiger partial charge in [-0.15, -0.1) is 0 Å². The van der Waals surface area contributed by atoms with Crippen LogP contribution < -0.4 is 5.32 Å². The molecule has 1 saturated heterocycles. The van der Waals surface area contributed by atoms with E-state index in [9.17, 15) is 4.79 Å². The van der Waals surface area contributed by atoms with Crippen LogP contribution in [0.2, 0.25) is 0 Å². The van der Waals surface area contributed by atoms with Crippen molar-refractivity contribution in [2.24, 2.45) is 5.92 Å². The number of carbonyl (C=O) groups excluding carboxylic acids is 1. The molecule has 0 unspecified atom stereocenters. The standard InChI is InChI=1S/C9H16N2O/c12-9-7-10-4-6-11(9)5-3-8-1-2-8/h8,10H,1-7H2. The molecule has 1 heterocycles. The van der Waals surface area contributed by atoms with Gasteiger partial charge in [-0.1, -0.05) is 12.8 Å². The van der Waals surface area contributed by atoms with Crippen LogP contribution in [0.3, 0.4) is 0 Å². The van der Waals surface area contributed by atoms with Crippen LogP contribution >= 0.6 is 0 Å². The van der Waals surface area contributed by atoms with E-state index in [1.807, 2.05) is 4.90 Å². The predicted molar refractivity (Wildman–Crippen MR) is 46.8 cm³/mol. The van der Waals surface area contributed by atoms with Crippen LogP contribution in [0.25, 0.3) is 0 Å². The maximum absolute atomic E-state index is 11.3. The second-order valence-corrected chi connectivity index (χ2v) is 3.79. The summed E-state index contributed by atoms with van der Waals surface area (Å²) in [5.41, 5.74) is 0. The maximum atomic E-state index is 11.3. The highest BCUT2D eigenvalue weighted by molar-refractivity contribution is 5.78. The summed E-state index contributed by atoms with van der Waals surface area (Å²) in [7, 11) is 0. The van der Waals surface area contributed by atoms with E-state index in [2.05, 4.69) is 5.32 Å². The summed E-state index contributed by atoms with van der Waals surface area (Å²) in [6.07, 6.45) is 4.01. The van der Waals surface area contributed by atoms with Crippen molar-refractivity contribution in [3.05, 3.63) is 0 Å². The molecule has 2 aliphatic rings. The molecule has 0 spiro atoms. The molecule has 0 bridgehead atoms. The summed E-state index contributed by atoms with van der Waals surface area (Å²) in [6, 6.07) is 0. The third-order valence-electron chi connectivity index (χ3n) is 2.69. The number of rotatable bonds is 3. The Hall–Kier alpha value is -0.570. The number of piperazine rings is 1. The van der Waals surface area contributed by atoms with Crippen molar-refractivity contribution in [2.45, 2.75) is 19.3 Å². The van der Waals surface area contributed by atoms with Crippen molar-refractivity contribution >= 4 is 5.91 Å². The maximum Gasteiger partial charge on any atom is 0.236 e. The Morgan fingerprint density at radius 2 is 2.33 bits per heavy atom. The van der Waals surface area contributed by atoms with Gasteiger partial charge in [0, 0.05) is 19.6 Å². The lowest BCUT2D eigenvalue weighted by Crippen LogP contribution is -2.48. The Bertz CT molecular complexity index is 177. The summed E-state index contributed by atoms with van der Waals surface area (Å²) in [5.74, 6) is 1.22. The largest absolute Gasteiger partial charge is 0.340 e. The van der Waals surface area contributed by atoms with Gasteiger partial charge in [-0.3, -0.25) is 4.79 Å². The molecule has 2 rings (SSSR count). The molecule has 0 atom stereocenters. The Morgan fingerprint density at radius 1 is 1.50 bits per heavy atom. The third kappa shape index (κ3) is 1.97. The van der Waals surface area contributed by atoms with E-state index in [0.29, 0.717) is 6.54 Å². The zero-order chi connectivity index (χ0) is 8.39. The fourth-order valence-electron chi connectivity index (χ4n) is 1.63. The fourth-order valence-corrected chi connectivity index (χ4v) is 1.63. The average molecular weight is 168 g/mol. The van der Waals surface area contributed by atoms with E-state index in [-0.39, 0.29) is 5.91 Å². The van der Waals surface area contributed by atoms with Crippen LogP contribution in [0.1, 0.15) is 19.3 Å². The zero-order valence-electron chi connectivity index (χ0n) is 7.38. The molecule has 3 nitrogen and oxygen atoms in total. The topological polar surface area (TPSA) is 32.3 Å². The lowest BCUT2D eigenvalue weighted by molar-refractivity contribution is -0.132. The van der Waals surface area contributed by atoms with Gasteiger partial charge in [0.15, 0.2) is 0 Å². The second-order valence-electron chi connectivity index (χ2n) is 3.79. The molecular weight excluding hydrogens is 152 g/mol. The summed E-state index contributed by atoms with van der Waals surface area (Å²) >= 11 is 0. The van der Waals surface area contributed by atoms with Crippen LogP contribution in [0, 0.1) is 5.92 Å². The van der Waals surface area contributed by atoms with Gasteiger partial charge in [0.2, 0.25) is 5.91 Å². The highest BCUT2D eigenvalue weighted by atomic mass is 16.2. The second kappa shape index (κ2) is 3.44. The first-order valence-electron chi connectivity index (χ1n) is 4.85. The van der Waals surface area contributed by atoms with Crippen LogP contribution in [-0.4, -0.2) is 37.0 Å². The van der Waals surface area contributed by atoms with Crippen LogP contribution in [0.5, 0.6) is 0 Å². The summed E-state index contributed by atoms with van der Waals surface area (Å²) in [4.78, 5) is 13.3. The first-order valence-corrected chi connectivity index (χ1v) is 4.85. The highest BCUT2D eigenvalue weighted by Crippen LogP contribution is 2.32. The van der Waals surface area contributed by atoms with Gasteiger partial charge in [0.1, 0.15) is 0 Å². The molecule has 68 valence electrons. The Morgan fingerprint density at radius 3 is 3.00 bits per heavy atom. The number of nitrogens with zero attached hydrogens (tertiary/aromatic N) is 1. The number of hydrogen-bond acceptors (Lipinski definition) is 2. The molecule has 1 aliphatic heterocycles. The lowest BCUT2D eigenvalue weighted by Gasteiger charge is -2.27. The first-order chi connectivity index (χ1) is 5.86. The van der Waals surface area contributed by atoms with Crippen LogP contribution in [-0.2, 0) is 4.79 Å². The Labute approximate surface area is 73.1 Å². The van der Waals surface area contributed by atoms with Crippen molar-refractivity contribution < 1.29 is 4.79 Å². The van der Waals surface area contributed by atoms with Crippen molar-refractivity contribution in [3.8, 4) is 0 Å². The summed E-state index contributed by atoms with van der Waals surface area (Å²) < 4.78 is 0. The number of amides is 1. The van der Waals surface area contributed by atoms with E-state index in [0.717, 1.165) is 25.6 Å². The average Bonchev–Trinajstić information content (AvgIpc) is 2.86. The van der Waals surface area contributed by atoms with Crippen molar-refractivity contribution in [3.63, 3.8) is 0 Å². The van der Waals surface area contributed by atoms with E-state index in [1.54, 1.807) is 0 Å². The number of nitrogens with one attached hydrogen (secondary N) is 1. The molecule has 0 aromatic heterocycles. The van der Waals surface area contributed by atoms with E-state index < -0.39 is 0 Å². The van der Waals surface area contributed by atoms with E-state index in [4.69, 9.17) is 0 Å². The quantitative estimate of drug-likeness (QED) is 0.653. The molecule has 1 saturated carbocycles. The zero-order valence-corrected chi connectivity index (χ0v) is 7.38. The number of carbonyl (C=O) groups is 1. The molecule has 2 fully saturated rings. The molecular formula is C9H16N2O. The van der Waals surface area contributed by atoms with E-state index >= 15 is 0 Å². The molecule has 12 heavy (non-hydrogen) atoms. The van der Waals surface area contributed by atoms with Gasteiger partial charge in [-0.2, -0.15) is 0 Å². The summed E-state index contributed by atoms with van der Waals surface area (Å²) in [5, 5.41) is 3.08. The molecule has 3 heteroatoms. The lowest BCUT2D eigenvalue weighted by atomic mass is 10.2. The minimum absolute atomic E-state index is 0.280. The Kier molecular flexibility index (Phi) is 2.30. The van der Waals surface area contributed by atoms with Crippen LogP contribution in [0.4, 0.5) is 0 Å². The SMILES string of the molecule is O=C1CNCCN1CCC1CC1. The number of hydrogen-bond donors (Lipinski definition) is 1. The normalized spacial score (nSPS) is 24.7. The van der Waals surface area contributed by atoms with Crippen molar-refractivity contribution in [1.29, 1.82) is 0 Å². The van der Waals surface area contributed by atoms with Gasteiger partial charge >= 0.3 is 0 Å². The third-order valence-corrected chi connectivity index (χ3v) is 2.69. The molecule has 0 radical (unpaired) electrons. The minimum Gasteiger partial charge on any atom is -0.340 e. The molecule has 0 aromatic carbocycles.